The van der Waals surface area contributed by atoms with Crippen molar-refractivity contribution in [1.82, 2.24) is 0 Å². The Morgan fingerprint density at radius 1 is 1.17 bits per heavy atom. The maximum atomic E-state index is 9.43. The van der Waals surface area contributed by atoms with E-state index in [1.54, 1.807) is 19.1 Å². The number of aryl methyl sites for hydroxylation is 2. The van der Waals surface area contributed by atoms with E-state index in [1.807, 2.05) is 13.8 Å². The zero-order chi connectivity index (χ0) is 9.30. The van der Waals surface area contributed by atoms with Gasteiger partial charge < -0.3 is 10.2 Å². The summed E-state index contributed by atoms with van der Waals surface area (Å²) in [6.45, 7) is 5.37. The summed E-state index contributed by atoms with van der Waals surface area (Å²) < 4.78 is 0. The summed E-state index contributed by atoms with van der Waals surface area (Å²) in [7, 11) is 0. The Morgan fingerprint density at radius 2 is 1.58 bits per heavy atom. The van der Waals surface area contributed by atoms with Crippen LogP contribution in [0.25, 0.3) is 0 Å². The van der Waals surface area contributed by atoms with Crippen molar-refractivity contribution in [3.63, 3.8) is 0 Å². The molecule has 0 aliphatic heterocycles. The van der Waals surface area contributed by atoms with Gasteiger partial charge in [0.2, 0.25) is 0 Å². The molecule has 0 saturated heterocycles. The van der Waals surface area contributed by atoms with Crippen molar-refractivity contribution in [2.75, 3.05) is 0 Å². The highest BCUT2D eigenvalue weighted by molar-refractivity contribution is 5.42. The quantitative estimate of drug-likeness (QED) is 0.670. The van der Waals surface area contributed by atoms with Crippen molar-refractivity contribution in [2.45, 2.75) is 26.9 Å². The number of aromatic hydroxyl groups is 1. The van der Waals surface area contributed by atoms with Crippen molar-refractivity contribution in [3.05, 3.63) is 28.8 Å². The largest absolute Gasteiger partial charge is 0.507 e. The standard InChI is InChI=1S/C10H14O2/c1-6-4-9(8(3)11)5-7(2)10(6)12/h4-5,8,11-12H,1-3H3. The lowest BCUT2D eigenvalue weighted by atomic mass is 10.0. The molecule has 0 aromatic heterocycles. The van der Waals surface area contributed by atoms with Crippen molar-refractivity contribution < 1.29 is 10.2 Å². The Morgan fingerprint density at radius 3 is 1.92 bits per heavy atom. The van der Waals surface area contributed by atoms with Crippen molar-refractivity contribution >= 4 is 0 Å². The van der Waals surface area contributed by atoms with Crippen LogP contribution in [0.4, 0.5) is 0 Å². The minimum Gasteiger partial charge on any atom is -0.507 e. The molecule has 12 heavy (non-hydrogen) atoms. The number of aliphatic hydroxyl groups excluding tert-OH is 1. The minimum absolute atomic E-state index is 0.319. The SMILES string of the molecule is Cc1cc(C(C)O)cc(C)c1O. The van der Waals surface area contributed by atoms with E-state index >= 15 is 0 Å². The van der Waals surface area contributed by atoms with Crippen LogP contribution >= 0.6 is 0 Å². The van der Waals surface area contributed by atoms with Gasteiger partial charge in [-0.1, -0.05) is 0 Å². The third-order valence-corrected chi connectivity index (χ3v) is 2.00. The summed E-state index contributed by atoms with van der Waals surface area (Å²) in [6, 6.07) is 3.60. The number of hydrogen-bond acceptors (Lipinski definition) is 2. The van der Waals surface area contributed by atoms with Gasteiger partial charge in [0, 0.05) is 0 Å². The fourth-order valence-electron chi connectivity index (χ4n) is 1.23. The molecule has 1 atom stereocenters. The number of phenols is 1. The predicted octanol–water partition coefficient (Wildman–Crippen LogP) is 2.06. The monoisotopic (exact) mass is 166 g/mol. The molecule has 0 aliphatic carbocycles. The third-order valence-electron chi connectivity index (χ3n) is 2.00. The van der Waals surface area contributed by atoms with Gasteiger partial charge in [0.1, 0.15) is 5.75 Å². The second kappa shape index (κ2) is 3.15. The molecule has 0 radical (unpaired) electrons. The molecule has 0 bridgehead atoms. The first kappa shape index (κ1) is 9.07. The lowest BCUT2D eigenvalue weighted by Crippen LogP contribution is -1.93. The molecule has 2 heteroatoms. The molecule has 1 aromatic rings. The van der Waals surface area contributed by atoms with E-state index in [0.717, 1.165) is 16.7 Å². The molecule has 1 rings (SSSR count). The molecule has 0 fully saturated rings. The smallest absolute Gasteiger partial charge is 0.121 e. The van der Waals surface area contributed by atoms with Crippen LogP contribution in [-0.4, -0.2) is 10.2 Å². The average molecular weight is 166 g/mol. The maximum absolute atomic E-state index is 9.43. The fourth-order valence-corrected chi connectivity index (χ4v) is 1.23. The van der Waals surface area contributed by atoms with Crippen LogP contribution in [0.1, 0.15) is 29.7 Å². The van der Waals surface area contributed by atoms with Gasteiger partial charge in [-0.25, -0.2) is 0 Å². The topological polar surface area (TPSA) is 40.5 Å². The first-order valence-corrected chi connectivity index (χ1v) is 4.00. The summed E-state index contributed by atoms with van der Waals surface area (Å²) in [4.78, 5) is 0. The highest BCUT2D eigenvalue weighted by Crippen LogP contribution is 2.25. The van der Waals surface area contributed by atoms with Gasteiger partial charge in [0.25, 0.3) is 0 Å². The molecule has 2 nitrogen and oxygen atoms in total. The Hall–Kier alpha value is -1.02. The van der Waals surface area contributed by atoms with Crippen LogP contribution in [0.3, 0.4) is 0 Å². The van der Waals surface area contributed by atoms with Gasteiger partial charge in [-0.2, -0.15) is 0 Å². The zero-order valence-corrected chi connectivity index (χ0v) is 7.63. The molecule has 1 unspecified atom stereocenters. The molecule has 0 saturated carbocycles. The van der Waals surface area contributed by atoms with Crippen LogP contribution in [0.15, 0.2) is 12.1 Å². The second-order valence-corrected chi connectivity index (χ2v) is 3.18. The van der Waals surface area contributed by atoms with Gasteiger partial charge in [0.05, 0.1) is 6.10 Å². The van der Waals surface area contributed by atoms with Gasteiger partial charge in [-0.3, -0.25) is 0 Å². The molecule has 0 spiro atoms. The molecule has 0 aliphatic rings. The van der Waals surface area contributed by atoms with E-state index in [0.29, 0.717) is 5.75 Å². The van der Waals surface area contributed by atoms with Crippen LogP contribution in [0, 0.1) is 13.8 Å². The number of phenolic OH excluding ortho intramolecular Hbond substituents is 1. The first-order chi connectivity index (χ1) is 5.52. The lowest BCUT2D eigenvalue weighted by Gasteiger charge is -2.09. The number of benzene rings is 1. The molecule has 0 amide bonds. The number of hydrogen-bond donors (Lipinski definition) is 2. The summed E-state index contributed by atoms with van der Waals surface area (Å²) in [5.41, 5.74) is 2.47. The van der Waals surface area contributed by atoms with Gasteiger partial charge >= 0.3 is 0 Å². The molecule has 0 heterocycles. The predicted molar refractivity (Wildman–Crippen MR) is 48.2 cm³/mol. The summed E-state index contributed by atoms with van der Waals surface area (Å²) in [6.07, 6.45) is -0.469. The van der Waals surface area contributed by atoms with E-state index in [-0.39, 0.29) is 0 Å². The van der Waals surface area contributed by atoms with Gasteiger partial charge in [0.15, 0.2) is 0 Å². The van der Waals surface area contributed by atoms with E-state index in [9.17, 15) is 10.2 Å². The Bertz CT molecular complexity index is 267. The second-order valence-electron chi connectivity index (χ2n) is 3.18. The van der Waals surface area contributed by atoms with Crippen LogP contribution in [-0.2, 0) is 0 Å². The Kier molecular flexibility index (Phi) is 2.38. The van der Waals surface area contributed by atoms with E-state index in [4.69, 9.17) is 0 Å². The Balaban J connectivity index is 3.21. The van der Waals surface area contributed by atoms with Crippen LogP contribution in [0.2, 0.25) is 0 Å². The van der Waals surface area contributed by atoms with E-state index in [2.05, 4.69) is 0 Å². The molecule has 2 N–H and O–H groups in total. The highest BCUT2D eigenvalue weighted by atomic mass is 16.3. The van der Waals surface area contributed by atoms with Gasteiger partial charge in [-0.05, 0) is 49.6 Å². The number of rotatable bonds is 1. The highest BCUT2D eigenvalue weighted by Gasteiger charge is 2.06. The molecule has 1 aromatic carbocycles. The third kappa shape index (κ3) is 1.59. The molecule has 66 valence electrons. The number of aliphatic hydroxyl groups is 1. The summed E-state index contributed by atoms with van der Waals surface area (Å²) in [5.74, 6) is 0.319. The van der Waals surface area contributed by atoms with E-state index in [1.165, 1.54) is 0 Å². The van der Waals surface area contributed by atoms with Crippen molar-refractivity contribution in [1.29, 1.82) is 0 Å². The maximum Gasteiger partial charge on any atom is 0.121 e. The minimum atomic E-state index is -0.469. The van der Waals surface area contributed by atoms with Gasteiger partial charge in [-0.15, -0.1) is 0 Å². The van der Waals surface area contributed by atoms with Crippen LogP contribution in [0.5, 0.6) is 5.75 Å². The van der Waals surface area contributed by atoms with Crippen molar-refractivity contribution in [3.8, 4) is 5.75 Å². The van der Waals surface area contributed by atoms with Crippen LogP contribution < -0.4 is 0 Å². The lowest BCUT2D eigenvalue weighted by molar-refractivity contribution is 0.199. The molecular weight excluding hydrogens is 152 g/mol. The molecular formula is C10H14O2. The summed E-state index contributed by atoms with van der Waals surface area (Å²) in [5, 5.41) is 18.7. The van der Waals surface area contributed by atoms with E-state index < -0.39 is 6.10 Å². The fraction of sp³-hybridized carbons (Fsp3) is 0.400. The zero-order valence-electron chi connectivity index (χ0n) is 7.63. The Labute approximate surface area is 72.5 Å². The normalized spacial score (nSPS) is 13.0. The summed E-state index contributed by atoms with van der Waals surface area (Å²) >= 11 is 0. The average Bonchev–Trinajstić information content (AvgIpc) is 1.99. The van der Waals surface area contributed by atoms with Crippen molar-refractivity contribution in [2.24, 2.45) is 0 Å². The first-order valence-electron chi connectivity index (χ1n) is 4.00.